The van der Waals surface area contributed by atoms with Crippen molar-refractivity contribution in [1.29, 1.82) is 0 Å². The second-order valence-corrected chi connectivity index (χ2v) is 8.87. The first-order valence-corrected chi connectivity index (χ1v) is 11.8. The minimum Gasteiger partial charge on any atom is -0.462 e. The van der Waals surface area contributed by atoms with Crippen molar-refractivity contribution in [3.05, 3.63) is 47.6 Å². The van der Waals surface area contributed by atoms with Crippen molar-refractivity contribution in [1.82, 2.24) is 5.32 Å². The average molecular weight is 489 g/mol. The largest absolute Gasteiger partial charge is 0.462 e. The van der Waals surface area contributed by atoms with E-state index in [0.29, 0.717) is 17.9 Å². The summed E-state index contributed by atoms with van der Waals surface area (Å²) in [6.45, 7) is 7.98. The van der Waals surface area contributed by atoms with E-state index in [4.69, 9.17) is 18.9 Å². The van der Waals surface area contributed by atoms with Gasteiger partial charge in [0.15, 0.2) is 6.29 Å². The van der Waals surface area contributed by atoms with Gasteiger partial charge in [0.1, 0.15) is 12.1 Å². The normalized spacial score (nSPS) is 16.6. The van der Waals surface area contributed by atoms with Gasteiger partial charge in [0, 0.05) is 12.3 Å². The molecule has 1 atom stereocenters. The molecular formula is C26H36N2O7. The Morgan fingerprint density at radius 3 is 2.51 bits per heavy atom. The van der Waals surface area contributed by atoms with Crippen LogP contribution in [0, 0.1) is 0 Å². The monoisotopic (exact) mass is 488 g/mol. The van der Waals surface area contributed by atoms with E-state index >= 15 is 0 Å². The first-order chi connectivity index (χ1) is 16.7. The van der Waals surface area contributed by atoms with Gasteiger partial charge in [-0.1, -0.05) is 18.2 Å². The maximum absolute atomic E-state index is 12.3. The number of anilines is 1. The van der Waals surface area contributed by atoms with Gasteiger partial charge in [-0.25, -0.2) is 9.59 Å². The van der Waals surface area contributed by atoms with Crippen LogP contribution in [0.25, 0.3) is 6.08 Å². The lowest BCUT2D eigenvalue weighted by Gasteiger charge is -2.22. The number of nitrogens with one attached hydrogen (secondary N) is 2. The molecule has 1 aliphatic heterocycles. The number of alkyl carbamates (subject to hydrolysis) is 1. The average Bonchev–Trinajstić information content (AvgIpc) is 2.80. The molecule has 0 spiro atoms. The van der Waals surface area contributed by atoms with E-state index in [1.165, 1.54) is 0 Å². The molecule has 1 heterocycles. The number of amides is 2. The van der Waals surface area contributed by atoms with Crippen LogP contribution in [0.5, 0.6) is 0 Å². The molecule has 0 saturated carbocycles. The second-order valence-electron chi connectivity index (χ2n) is 8.87. The predicted octanol–water partition coefficient (Wildman–Crippen LogP) is 4.20. The van der Waals surface area contributed by atoms with Crippen molar-refractivity contribution in [2.24, 2.45) is 0 Å². The Morgan fingerprint density at radius 1 is 1.14 bits per heavy atom. The molecule has 35 heavy (non-hydrogen) atoms. The molecule has 0 radical (unpaired) electrons. The van der Waals surface area contributed by atoms with Gasteiger partial charge >= 0.3 is 12.1 Å². The van der Waals surface area contributed by atoms with Gasteiger partial charge in [-0.2, -0.15) is 0 Å². The molecule has 9 heteroatoms. The fourth-order valence-electron chi connectivity index (χ4n) is 3.06. The van der Waals surface area contributed by atoms with E-state index in [1.807, 2.05) is 0 Å². The zero-order chi connectivity index (χ0) is 25.7. The molecular weight excluding hydrogens is 452 g/mol. The first-order valence-electron chi connectivity index (χ1n) is 11.8. The van der Waals surface area contributed by atoms with Crippen molar-refractivity contribution in [2.75, 3.05) is 31.7 Å². The summed E-state index contributed by atoms with van der Waals surface area (Å²) < 4.78 is 21.5. The van der Waals surface area contributed by atoms with Crippen LogP contribution >= 0.6 is 0 Å². The van der Waals surface area contributed by atoms with Gasteiger partial charge in [-0.3, -0.25) is 4.79 Å². The summed E-state index contributed by atoms with van der Waals surface area (Å²) >= 11 is 0. The van der Waals surface area contributed by atoms with E-state index < -0.39 is 17.7 Å². The summed E-state index contributed by atoms with van der Waals surface area (Å²) in [5, 5.41) is 5.11. The van der Waals surface area contributed by atoms with Gasteiger partial charge < -0.3 is 29.6 Å². The van der Waals surface area contributed by atoms with Gasteiger partial charge in [0.25, 0.3) is 0 Å². The molecule has 0 aliphatic carbocycles. The Bertz CT molecular complexity index is 895. The summed E-state index contributed by atoms with van der Waals surface area (Å²) in [6, 6.07) is 7.04. The highest BCUT2D eigenvalue weighted by atomic mass is 16.7. The molecule has 0 aromatic heterocycles. The van der Waals surface area contributed by atoms with Crippen molar-refractivity contribution in [2.45, 2.75) is 58.8 Å². The number of ether oxygens (including phenoxy) is 4. The van der Waals surface area contributed by atoms with Crippen molar-refractivity contribution in [3.63, 3.8) is 0 Å². The minimum atomic E-state index is -0.657. The van der Waals surface area contributed by atoms with Gasteiger partial charge in [0.05, 0.1) is 18.8 Å². The van der Waals surface area contributed by atoms with E-state index in [1.54, 1.807) is 70.2 Å². The zero-order valence-corrected chi connectivity index (χ0v) is 20.9. The van der Waals surface area contributed by atoms with Gasteiger partial charge in [-0.05, 0) is 76.8 Å². The number of esters is 1. The van der Waals surface area contributed by atoms with Crippen LogP contribution < -0.4 is 10.6 Å². The highest BCUT2D eigenvalue weighted by Gasteiger charge is 2.17. The lowest BCUT2D eigenvalue weighted by Crippen LogP contribution is -2.37. The summed E-state index contributed by atoms with van der Waals surface area (Å²) in [4.78, 5) is 36.0. The first kappa shape index (κ1) is 28.1. The van der Waals surface area contributed by atoms with Crippen LogP contribution in [0.15, 0.2) is 42.0 Å². The zero-order valence-electron chi connectivity index (χ0n) is 20.9. The van der Waals surface area contributed by atoms with Crippen LogP contribution in [0.2, 0.25) is 0 Å². The summed E-state index contributed by atoms with van der Waals surface area (Å²) in [7, 11) is 0. The Labute approximate surface area is 206 Å². The number of benzene rings is 1. The molecule has 2 N–H and O–H groups in total. The number of rotatable bonds is 10. The SMILES string of the molecule is CCOC(=O)C(/C=C/c1ccc(NC(=O)CNC(=O)OC(C)(C)C)cc1)=C/COC1CCCCO1. The standard InChI is InChI=1S/C26H36N2O7/c1-5-32-24(30)20(15-17-34-23-8-6-7-16-33-23)12-9-19-10-13-21(14-11-19)28-22(29)18-27-25(31)35-26(2,3)4/h9-15,23H,5-8,16-18H2,1-4H3,(H,27,31)(H,28,29)/b12-9+,20-15+. The maximum Gasteiger partial charge on any atom is 0.408 e. The predicted molar refractivity (Wildman–Crippen MR) is 133 cm³/mol. The van der Waals surface area contributed by atoms with Crippen molar-refractivity contribution < 1.29 is 33.3 Å². The highest BCUT2D eigenvalue weighted by Crippen LogP contribution is 2.15. The van der Waals surface area contributed by atoms with E-state index in [-0.39, 0.29) is 32.0 Å². The quantitative estimate of drug-likeness (QED) is 0.288. The summed E-state index contributed by atoms with van der Waals surface area (Å²) in [6.07, 6.45) is 7.17. The number of carbonyl (C=O) groups excluding carboxylic acids is 3. The lowest BCUT2D eigenvalue weighted by molar-refractivity contribution is -0.155. The van der Waals surface area contributed by atoms with Crippen molar-refractivity contribution in [3.8, 4) is 0 Å². The fraction of sp³-hybridized carbons (Fsp3) is 0.500. The second kappa shape index (κ2) is 14.3. The van der Waals surface area contributed by atoms with Crippen LogP contribution in [-0.4, -0.2) is 56.2 Å². The molecule has 1 aromatic rings. The third-order valence-corrected chi connectivity index (χ3v) is 4.68. The summed E-state index contributed by atoms with van der Waals surface area (Å²) in [5.74, 6) is -0.813. The molecule has 1 saturated heterocycles. The molecule has 1 fully saturated rings. The molecule has 2 rings (SSSR count). The summed E-state index contributed by atoms with van der Waals surface area (Å²) in [5.41, 5.74) is 1.14. The molecule has 9 nitrogen and oxygen atoms in total. The molecule has 0 bridgehead atoms. The molecule has 1 unspecified atom stereocenters. The number of hydrogen-bond acceptors (Lipinski definition) is 7. The van der Waals surface area contributed by atoms with E-state index in [9.17, 15) is 14.4 Å². The smallest absolute Gasteiger partial charge is 0.408 e. The Morgan fingerprint density at radius 2 is 1.89 bits per heavy atom. The van der Waals surface area contributed by atoms with E-state index in [2.05, 4.69) is 10.6 Å². The van der Waals surface area contributed by atoms with Gasteiger partial charge in [-0.15, -0.1) is 0 Å². The highest BCUT2D eigenvalue weighted by molar-refractivity contribution is 5.94. The Hall–Kier alpha value is -3.17. The van der Waals surface area contributed by atoms with Crippen LogP contribution in [0.3, 0.4) is 0 Å². The van der Waals surface area contributed by atoms with Crippen LogP contribution in [0.1, 0.15) is 52.5 Å². The van der Waals surface area contributed by atoms with Gasteiger partial charge in [0.2, 0.25) is 5.91 Å². The molecule has 2 amide bonds. The Balaban J connectivity index is 1.89. The van der Waals surface area contributed by atoms with Crippen LogP contribution in [-0.2, 0) is 28.5 Å². The lowest BCUT2D eigenvalue weighted by atomic mass is 10.1. The van der Waals surface area contributed by atoms with E-state index in [0.717, 1.165) is 24.8 Å². The minimum absolute atomic E-state index is 0.210. The van der Waals surface area contributed by atoms with Crippen LogP contribution in [0.4, 0.5) is 10.5 Å². The molecule has 1 aromatic carbocycles. The Kier molecular flexibility index (Phi) is 11.5. The molecule has 192 valence electrons. The number of hydrogen-bond donors (Lipinski definition) is 2. The third-order valence-electron chi connectivity index (χ3n) is 4.68. The van der Waals surface area contributed by atoms with Crippen molar-refractivity contribution >= 4 is 29.7 Å². The fourth-order valence-corrected chi connectivity index (χ4v) is 3.06. The third kappa shape index (κ3) is 11.7. The topological polar surface area (TPSA) is 112 Å². The molecule has 1 aliphatic rings. The number of carbonyl (C=O) groups is 3. The maximum atomic E-state index is 12.3.